The zero-order valence-corrected chi connectivity index (χ0v) is 11.4. The summed E-state index contributed by atoms with van der Waals surface area (Å²) >= 11 is 0. The molecular formula is C14H15N5O. The van der Waals surface area contributed by atoms with Crippen molar-refractivity contribution in [3.05, 3.63) is 40.8 Å². The molecule has 6 heteroatoms. The van der Waals surface area contributed by atoms with Crippen molar-refractivity contribution in [2.75, 3.05) is 0 Å². The van der Waals surface area contributed by atoms with Gasteiger partial charge in [-0.05, 0) is 6.42 Å². The van der Waals surface area contributed by atoms with Crippen LogP contribution in [0.25, 0.3) is 22.7 Å². The van der Waals surface area contributed by atoms with Crippen LogP contribution in [0.2, 0.25) is 0 Å². The lowest BCUT2D eigenvalue weighted by Gasteiger charge is -2.01. The number of benzene rings is 1. The zero-order chi connectivity index (χ0) is 14.1. The van der Waals surface area contributed by atoms with E-state index in [1.54, 1.807) is 11.6 Å². The van der Waals surface area contributed by atoms with Crippen LogP contribution in [0, 0.1) is 0 Å². The van der Waals surface area contributed by atoms with E-state index in [0.29, 0.717) is 23.7 Å². The van der Waals surface area contributed by atoms with Crippen molar-refractivity contribution in [3.63, 3.8) is 0 Å². The van der Waals surface area contributed by atoms with Gasteiger partial charge in [0.05, 0.1) is 0 Å². The molecule has 0 atom stereocenters. The van der Waals surface area contributed by atoms with Gasteiger partial charge < -0.3 is 0 Å². The van der Waals surface area contributed by atoms with E-state index in [0.717, 1.165) is 12.0 Å². The summed E-state index contributed by atoms with van der Waals surface area (Å²) in [4.78, 5) is 16.7. The second kappa shape index (κ2) is 4.88. The minimum atomic E-state index is -0.103. The summed E-state index contributed by atoms with van der Waals surface area (Å²) in [6.07, 6.45) is 0.865. The van der Waals surface area contributed by atoms with Gasteiger partial charge in [-0.15, -0.1) is 10.2 Å². The Morgan fingerprint density at radius 3 is 2.55 bits per heavy atom. The van der Waals surface area contributed by atoms with E-state index in [2.05, 4.69) is 15.2 Å². The molecular weight excluding hydrogens is 254 g/mol. The Morgan fingerprint density at radius 2 is 1.85 bits per heavy atom. The smallest absolute Gasteiger partial charge is 0.277 e. The summed E-state index contributed by atoms with van der Waals surface area (Å²) in [6, 6.07) is 9.63. The Labute approximate surface area is 115 Å². The highest BCUT2D eigenvalue weighted by molar-refractivity contribution is 5.69. The number of fused-ring (bicyclic) bond motifs is 1. The van der Waals surface area contributed by atoms with Crippen LogP contribution in [0.3, 0.4) is 0 Å². The largest absolute Gasteiger partial charge is 0.331 e. The molecule has 0 unspecified atom stereocenters. The summed E-state index contributed by atoms with van der Waals surface area (Å²) in [5.41, 5.74) is 1.89. The molecule has 3 aromatic rings. The van der Waals surface area contributed by atoms with Crippen LogP contribution in [-0.2, 0) is 13.6 Å². The fraction of sp³-hybridized carbons (Fsp3) is 0.286. The Bertz CT molecular complexity index is 804. The van der Waals surface area contributed by atoms with Crippen LogP contribution < -0.4 is 5.69 Å². The number of hydrogen-bond acceptors (Lipinski definition) is 4. The van der Waals surface area contributed by atoms with Crippen molar-refractivity contribution in [3.8, 4) is 11.4 Å². The number of imidazole rings is 1. The highest BCUT2D eigenvalue weighted by Crippen LogP contribution is 2.15. The second-order valence-corrected chi connectivity index (χ2v) is 4.64. The van der Waals surface area contributed by atoms with E-state index in [1.165, 1.54) is 4.57 Å². The molecule has 0 fully saturated rings. The van der Waals surface area contributed by atoms with E-state index in [9.17, 15) is 4.79 Å². The third-order valence-electron chi connectivity index (χ3n) is 3.22. The van der Waals surface area contributed by atoms with Crippen molar-refractivity contribution in [1.82, 2.24) is 24.3 Å². The minimum absolute atomic E-state index is 0.103. The first kappa shape index (κ1) is 12.5. The van der Waals surface area contributed by atoms with Gasteiger partial charge in [0.2, 0.25) is 5.65 Å². The second-order valence-electron chi connectivity index (χ2n) is 4.64. The Balaban J connectivity index is 2.25. The molecule has 0 bridgehead atoms. The summed E-state index contributed by atoms with van der Waals surface area (Å²) in [7, 11) is 1.69. The van der Waals surface area contributed by atoms with Crippen LogP contribution in [0.15, 0.2) is 35.1 Å². The quantitative estimate of drug-likeness (QED) is 0.724. The van der Waals surface area contributed by atoms with E-state index in [1.807, 2.05) is 37.3 Å². The van der Waals surface area contributed by atoms with Crippen molar-refractivity contribution < 1.29 is 0 Å². The number of aromatic nitrogens is 5. The molecule has 0 aliphatic rings. The summed E-state index contributed by atoms with van der Waals surface area (Å²) in [5, 5.41) is 8.27. The fourth-order valence-electron chi connectivity index (χ4n) is 2.21. The zero-order valence-electron chi connectivity index (χ0n) is 11.4. The van der Waals surface area contributed by atoms with Gasteiger partial charge in [-0.1, -0.05) is 37.3 Å². The van der Waals surface area contributed by atoms with Crippen molar-refractivity contribution in [1.29, 1.82) is 0 Å². The first-order valence-corrected chi connectivity index (χ1v) is 6.57. The standard InChI is InChI=1S/C14H15N5O/c1-3-9-19-12-13(18(2)14(19)20)17-16-11(15-12)10-7-5-4-6-8-10/h4-8H,3,9H2,1-2H3. The maximum absolute atomic E-state index is 12.1. The molecule has 20 heavy (non-hydrogen) atoms. The van der Waals surface area contributed by atoms with Crippen molar-refractivity contribution in [2.45, 2.75) is 19.9 Å². The van der Waals surface area contributed by atoms with Crippen molar-refractivity contribution >= 4 is 11.3 Å². The Kier molecular flexibility index (Phi) is 3.06. The van der Waals surface area contributed by atoms with Crippen LogP contribution in [-0.4, -0.2) is 24.3 Å². The molecule has 0 aliphatic carbocycles. The van der Waals surface area contributed by atoms with Gasteiger partial charge in [-0.3, -0.25) is 9.13 Å². The number of hydrogen-bond donors (Lipinski definition) is 0. The first-order valence-electron chi connectivity index (χ1n) is 6.57. The molecule has 1 aromatic carbocycles. The number of nitrogens with zero attached hydrogens (tertiary/aromatic N) is 5. The van der Waals surface area contributed by atoms with Crippen molar-refractivity contribution in [2.24, 2.45) is 7.05 Å². The molecule has 0 radical (unpaired) electrons. The molecule has 0 saturated heterocycles. The van der Waals surface area contributed by atoms with Crippen LogP contribution in [0.1, 0.15) is 13.3 Å². The SMILES string of the molecule is CCCn1c(=O)n(C)c2nnc(-c3ccccc3)nc21. The topological polar surface area (TPSA) is 65.6 Å². The maximum atomic E-state index is 12.1. The maximum Gasteiger partial charge on any atom is 0.331 e. The molecule has 6 nitrogen and oxygen atoms in total. The highest BCUT2D eigenvalue weighted by Gasteiger charge is 2.14. The van der Waals surface area contributed by atoms with Crippen LogP contribution >= 0.6 is 0 Å². The molecule has 102 valence electrons. The van der Waals surface area contributed by atoms with Gasteiger partial charge in [-0.2, -0.15) is 0 Å². The van der Waals surface area contributed by atoms with Gasteiger partial charge in [0.25, 0.3) is 0 Å². The van der Waals surface area contributed by atoms with Gasteiger partial charge in [0, 0.05) is 19.2 Å². The Morgan fingerprint density at radius 1 is 1.10 bits per heavy atom. The normalized spacial score (nSPS) is 11.1. The van der Waals surface area contributed by atoms with Gasteiger partial charge in [-0.25, -0.2) is 9.78 Å². The summed E-state index contributed by atoms with van der Waals surface area (Å²) < 4.78 is 3.14. The molecule has 0 saturated carbocycles. The number of rotatable bonds is 3. The average Bonchev–Trinajstić information content (AvgIpc) is 2.73. The van der Waals surface area contributed by atoms with E-state index in [-0.39, 0.29) is 5.69 Å². The molecule has 3 rings (SSSR count). The average molecular weight is 269 g/mol. The highest BCUT2D eigenvalue weighted by atomic mass is 16.1. The van der Waals surface area contributed by atoms with E-state index in [4.69, 9.17) is 0 Å². The fourth-order valence-corrected chi connectivity index (χ4v) is 2.21. The molecule has 2 aromatic heterocycles. The third-order valence-corrected chi connectivity index (χ3v) is 3.22. The minimum Gasteiger partial charge on any atom is -0.277 e. The van der Waals surface area contributed by atoms with Gasteiger partial charge >= 0.3 is 5.69 Å². The monoisotopic (exact) mass is 269 g/mol. The van der Waals surface area contributed by atoms with Gasteiger partial charge in [0.1, 0.15) is 0 Å². The lowest BCUT2D eigenvalue weighted by molar-refractivity contribution is 0.648. The third kappa shape index (κ3) is 1.89. The van der Waals surface area contributed by atoms with Gasteiger partial charge in [0.15, 0.2) is 11.5 Å². The predicted octanol–water partition coefficient (Wildman–Crippen LogP) is 1.60. The van der Waals surface area contributed by atoms with Crippen LogP contribution in [0.5, 0.6) is 0 Å². The number of aryl methyl sites for hydroxylation is 2. The predicted molar refractivity (Wildman–Crippen MR) is 76.3 cm³/mol. The Hall–Kier alpha value is -2.50. The van der Waals surface area contributed by atoms with E-state index >= 15 is 0 Å². The lowest BCUT2D eigenvalue weighted by atomic mass is 10.2. The molecule has 0 amide bonds. The molecule has 2 heterocycles. The molecule has 0 N–H and O–H groups in total. The summed E-state index contributed by atoms with van der Waals surface area (Å²) in [6.45, 7) is 2.65. The molecule has 0 aliphatic heterocycles. The van der Waals surface area contributed by atoms with Crippen LogP contribution in [0.4, 0.5) is 0 Å². The van der Waals surface area contributed by atoms with E-state index < -0.39 is 0 Å². The lowest BCUT2D eigenvalue weighted by Crippen LogP contribution is -2.22. The molecule has 0 spiro atoms. The first-order chi connectivity index (χ1) is 9.72. The summed E-state index contributed by atoms with van der Waals surface area (Å²) in [5.74, 6) is 0.536.